The fourth-order valence-electron chi connectivity index (χ4n) is 0.652. The lowest BCUT2D eigenvalue weighted by Crippen LogP contribution is -2.05. The molecule has 72 valence electrons. The molecule has 0 aromatic carbocycles. The Bertz CT molecular complexity index is 328. The smallest absolute Gasteiger partial charge is 0.282 e. The zero-order valence-corrected chi connectivity index (χ0v) is 9.45. The van der Waals surface area contributed by atoms with E-state index in [0.29, 0.717) is 2.88 Å². The Labute approximate surface area is 90.7 Å². The van der Waals surface area contributed by atoms with Crippen molar-refractivity contribution in [3.8, 4) is 0 Å². The number of carbonyl (C=O) groups excluding carboxylic acids is 1. The second kappa shape index (κ2) is 4.27. The Morgan fingerprint density at radius 1 is 1.69 bits per heavy atom. The summed E-state index contributed by atoms with van der Waals surface area (Å²) >= 11 is 2.80. The van der Waals surface area contributed by atoms with Gasteiger partial charge in [0, 0.05) is 6.92 Å². The molecule has 7 heteroatoms. The van der Waals surface area contributed by atoms with Gasteiger partial charge < -0.3 is 5.32 Å². The lowest BCUT2D eigenvalue weighted by atomic mass is 10.5. The maximum absolute atomic E-state index is 12.2. The van der Waals surface area contributed by atoms with Crippen LogP contribution in [0.4, 0.5) is 13.9 Å². The van der Waals surface area contributed by atoms with Gasteiger partial charge in [-0.05, 0) is 22.6 Å². The van der Waals surface area contributed by atoms with E-state index in [0.717, 1.165) is 11.3 Å². The van der Waals surface area contributed by atoms with Crippen LogP contribution in [0.2, 0.25) is 0 Å². The number of rotatable bonds is 2. The molecule has 1 amide bonds. The number of halogens is 3. The molecule has 0 spiro atoms. The Morgan fingerprint density at radius 2 is 2.31 bits per heavy atom. The van der Waals surface area contributed by atoms with Crippen molar-refractivity contribution < 1.29 is 13.6 Å². The first-order valence-electron chi connectivity index (χ1n) is 3.22. The number of nitrogens with zero attached hydrogens (tertiary/aromatic N) is 1. The molecule has 1 rings (SSSR count). The van der Waals surface area contributed by atoms with Gasteiger partial charge in [0.25, 0.3) is 6.43 Å². The van der Waals surface area contributed by atoms with Gasteiger partial charge in [-0.15, -0.1) is 0 Å². The summed E-state index contributed by atoms with van der Waals surface area (Å²) in [6, 6.07) is 0. The van der Waals surface area contributed by atoms with E-state index in [1.165, 1.54) is 6.92 Å². The summed E-state index contributed by atoms with van der Waals surface area (Å²) < 4.78 is 24.8. The van der Waals surface area contributed by atoms with Crippen LogP contribution >= 0.6 is 33.9 Å². The highest BCUT2D eigenvalue weighted by atomic mass is 127. The number of nitrogens with one attached hydrogen (secondary N) is 1. The van der Waals surface area contributed by atoms with Crippen molar-refractivity contribution in [3.63, 3.8) is 0 Å². The van der Waals surface area contributed by atoms with Gasteiger partial charge in [0.05, 0.1) is 2.88 Å². The molecule has 0 saturated heterocycles. The van der Waals surface area contributed by atoms with Gasteiger partial charge in [-0.1, -0.05) is 11.3 Å². The molecule has 3 nitrogen and oxygen atoms in total. The molecule has 1 aromatic heterocycles. The van der Waals surface area contributed by atoms with Crippen LogP contribution < -0.4 is 5.32 Å². The summed E-state index contributed by atoms with van der Waals surface area (Å²) in [5.74, 6) is -0.314. The monoisotopic (exact) mass is 318 g/mol. The van der Waals surface area contributed by atoms with Crippen molar-refractivity contribution in [3.05, 3.63) is 8.58 Å². The van der Waals surface area contributed by atoms with Crippen molar-refractivity contribution in [2.24, 2.45) is 0 Å². The quantitative estimate of drug-likeness (QED) is 0.852. The van der Waals surface area contributed by atoms with Crippen LogP contribution in [0.1, 0.15) is 19.0 Å². The van der Waals surface area contributed by atoms with Crippen molar-refractivity contribution in [2.45, 2.75) is 13.3 Å². The molecule has 13 heavy (non-hydrogen) atoms. The van der Waals surface area contributed by atoms with E-state index >= 15 is 0 Å². The molecule has 0 aliphatic carbocycles. The SMILES string of the molecule is CC(=O)Nc1nc(C(F)F)c(I)s1. The molecule has 0 atom stereocenters. The molecule has 0 aliphatic rings. The zero-order valence-electron chi connectivity index (χ0n) is 6.47. The molecule has 0 aliphatic heterocycles. The molecule has 0 unspecified atom stereocenters. The number of hydrogen-bond donors (Lipinski definition) is 1. The van der Waals surface area contributed by atoms with E-state index in [1.807, 2.05) is 0 Å². The topological polar surface area (TPSA) is 42.0 Å². The standard InChI is InChI=1S/C6H5F2IN2OS/c1-2(12)10-6-11-3(4(7)8)5(9)13-6/h4H,1H3,(H,10,11,12). The number of anilines is 1. The Hall–Kier alpha value is -0.310. The Morgan fingerprint density at radius 3 is 2.69 bits per heavy atom. The van der Waals surface area contributed by atoms with Gasteiger partial charge in [0.15, 0.2) is 5.13 Å². The van der Waals surface area contributed by atoms with Gasteiger partial charge >= 0.3 is 0 Å². The molecule has 1 heterocycles. The third-order valence-corrected chi connectivity index (χ3v) is 3.09. The number of carbonyl (C=O) groups is 1. The first-order chi connectivity index (χ1) is 6.00. The van der Waals surface area contributed by atoms with Crippen molar-refractivity contribution in [2.75, 3.05) is 5.32 Å². The van der Waals surface area contributed by atoms with Crippen LogP contribution in [0.25, 0.3) is 0 Å². The number of alkyl halides is 2. The van der Waals surface area contributed by atoms with Crippen LogP contribution in [-0.4, -0.2) is 10.9 Å². The van der Waals surface area contributed by atoms with E-state index in [1.54, 1.807) is 22.6 Å². The van der Waals surface area contributed by atoms with E-state index in [2.05, 4.69) is 10.3 Å². The van der Waals surface area contributed by atoms with Crippen LogP contribution in [0.15, 0.2) is 0 Å². The van der Waals surface area contributed by atoms with Crippen LogP contribution in [-0.2, 0) is 4.79 Å². The number of amides is 1. The summed E-state index contributed by atoms with van der Waals surface area (Å²) in [6.07, 6.45) is -2.59. The minimum atomic E-state index is -2.59. The molecular formula is C6H5F2IN2OS. The highest BCUT2D eigenvalue weighted by Crippen LogP contribution is 2.31. The van der Waals surface area contributed by atoms with Crippen LogP contribution in [0, 0.1) is 2.88 Å². The molecule has 0 bridgehead atoms. The molecule has 1 N–H and O–H groups in total. The number of aromatic nitrogens is 1. The summed E-state index contributed by atoms with van der Waals surface area (Å²) in [6.45, 7) is 1.30. The second-order valence-electron chi connectivity index (χ2n) is 2.16. The van der Waals surface area contributed by atoms with Crippen molar-refractivity contribution >= 4 is 45.0 Å². The van der Waals surface area contributed by atoms with Crippen molar-refractivity contribution in [1.82, 2.24) is 4.98 Å². The van der Waals surface area contributed by atoms with E-state index in [9.17, 15) is 13.6 Å². The minimum absolute atomic E-state index is 0.215. The third kappa shape index (κ3) is 2.83. The van der Waals surface area contributed by atoms with Crippen LogP contribution in [0.5, 0.6) is 0 Å². The molecular weight excluding hydrogens is 313 g/mol. The fraction of sp³-hybridized carbons (Fsp3) is 0.333. The highest BCUT2D eigenvalue weighted by molar-refractivity contribution is 14.1. The average molecular weight is 318 g/mol. The van der Waals surface area contributed by atoms with Gasteiger partial charge in [-0.3, -0.25) is 4.79 Å². The molecule has 0 fully saturated rings. The van der Waals surface area contributed by atoms with Gasteiger partial charge in [0.1, 0.15) is 5.69 Å². The Kier molecular flexibility index (Phi) is 3.54. The first kappa shape index (κ1) is 10.8. The van der Waals surface area contributed by atoms with Gasteiger partial charge in [-0.25, -0.2) is 13.8 Å². The maximum Gasteiger partial charge on any atom is 0.282 e. The summed E-state index contributed by atoms with van der Waals surface area (Å²) in [4.78, 5) is 14.1. The third-order valence-electron chi connectivity index (χ3n) is 1.10. The number of hydrogen-bond acceptors (Lipinski definition) is 3. The predicted octanol–water partition coefficient (Wildman–Crippen LogP) is 2.64. The number of thiazole rings is 1. The minimum Gasteiger partial charge on any atom is -0.302 e. The van der Waals surface area contributed by atoms with Crippen LogP contribution in [0.3, 0.4) is 0 Å². The Balaban J connectivity index is 2.88. The first-order valence-corrected chi connectivity index (χ1v) is 5.12. The van der Waals surface area contributed by atoms with E-state index in [4.69, 9.17) is 0 Å². The lowest BCUT2D eigenvalue weighted by molar-refractivity contribution is -0.114. The van der Waals surface area contributed by atoms with E-state index in [-0.39, 0.29) is 16.7 Å². The van der Waals surface area contributed by atoms with Gasteiger partial charge in [0.2, 0.25) is 5.91 Å². The van der Waals surface area contributed by atoms with E-state index < -0.39 is 6.43 Å². The summed E-state index contributed by atoms with van der Waals surface area (Å²) in [5.41, 5.74) is -0.269. The lowest BCUT2D eigenvalue weighted by Gasteiger charge is -1.93. The maximum atomic E-state index is 12.2. The molecule has 0 radical (unpaired) electrons. The normalized spacial score (nSPS) is 10.5. The highest BCUT2D eigenvalue weighted by Gasteiger charge is 2.17. The fourth-order valence-corrected chi connectivity index (χ4v) is 2.38. The molecule has 0 saturated carbocycles. The van der Waals surface area contributed by atoms with Crippen molar-refractivity contribution in [1.29, 1.82) is 0 Å². The average Bonchev–Trinajstić information content (AvgIpc) is 2.29. The zero-order chi connectivity index (χ0) is 10.0. The largest absolute Gasteiger partial charge is 0.302 e. The summed E-state index contributed by atoms with van der Waals surface area (Å²) in [5, 5.41) is 2.57. The molecule has 1 aromatic rings. The predicted molar refractivity (Wildman–Crippen MR) is 54.1 cm³/mol. The summed E-state index contributed by atoms with van der Waals surface area (Å²) in [7, 11) is 0. The second-order valence-corrected chi connectivity index (χ2v) is 4.97. The van der Waals surface area contributed by atoms with Gasteiger partial charge in [-0.2, -0.15) is 0 Å².